The molecule has 22 heavy (non-hydrogen) atoms. The summed E-state index contributed by atoms with van der Waals surface area (Å²) in [7, 11) is -2.39. The quantitative estimate of drug-likeness (QED) is 0.266. The number of nitrogens with zero attached hydrogens (tertiary/aromatic N) is 1. The summed E-state index contributed by atoms with van der Waals surface area (Å²) >= 11 is 0. The largest absolute Gasteiger partial charge is 1.00 e. The predicted molar refractivity (Wildman–Crippen MR) is 84.0 cm³/mol. The molecule has 0 fully saturated rings. The van der Waals surface area contributed by atoms with Gasteiger partial charge < -0.3 is 9.45 Å². The topological polar surface area (TPSA) is 77.5 Å². The van der Waals surface area contributed by atoms with Crippen molar-refractivity contribution in [3.8, 4) is 0 Å². The van der Waals surface area contributed by atoms with Gasteiger partial charge in [-0.25, -0.2) is 8.42 Å². The average Bonchev–Trinajstić information content (AvgIpc) is 2.41. The summed E-state index contributed by atoms with van der Waals surface area (Å²) in [6.07, 6.45) is 9.72. The molecule has 0 rings (SSSR count). The van der Waals surface area contributed by atoms with E-state index in [2.05, 4.69) is 6.92 Å². The molecule has 0 aromatic heterocycles. The van der Waals surface area contributed by atoms with Crippen molar-refractivity contribution in [3.63, 3.8) is 0 Å². The van der Waals surface area contributed by atoms with Crippen LogP contribution in [0.25, 0.3) is 0 Å². The van der Waals surface area contributed by atoms with Crippen molar-refractivity contribution in [3.05, 3.63) is 0 Å². The number of amides is 1. The van der Waals surface area contributed by atoms with Crippen LogP contribution in [0.5, 0.6) is 0 Å². The van der Waals surface area contributed by atoms with E-state index in [-0.39, 0.29) is 41.2 Å². The van der Waals surface area contributed by atoms with Crippen molar-refractivity contribution in [2.75, 3.05) is 19.3 Å². The molecule has 0 aliphatic carbocycles. The molecule has 0 aromatic carbocycles. The zero-order valence-electron chi connectivity index (χ0n) is 14.5. The van der Waals surface area contributed by atoms with Crippen molar-refractivity contribution in [1.29, 1.82) is 0 Å². The van der Waals surface area contributed by atoms with Gasteiger partial charge in [0.15, 0.2) is 0 Å². The minimum Gasteiger partial charge on any atom is -0.748 e. The number of hydrogen-bond donors (Lipinski definition) is 0. The van der Waals surface area contributed by atoms with Crippen LogP contribution in [0.15, 0.2) is 0 Å². The summed E-state index contributed by atoms with van der Waals surface area (Å²) in [6, 6.07) is 0. The van der Waals surface area contributed by atoms with Gasteiger partial charge in [0, 0.05) is 25.8 Å². The van der Waals surface area contributed by atoms with Crippen molar-refractivity contribution in [2.45, 2.75) is 71.1 Å². The third-order valence-corrected chi connectivity index (χ3v) is 4.35. The molecule has 0 spiro atoms. The maximum atomic E-state index is 11.8. The minimum atomic E-state index is -4.12. The van der Waals surface area contributed by atoms with E-state index >= 15 is 0 Å². The van der Waals surface area contributed by atoms with E-state index in [9.17, 15) is 17.8 Å². The Labute approximate surface area is 158 Å². The number of unbranched alkanes of at least 4 members (excludes halogenated alkanes) is 7. The summed E-state index contributed by atoms with van der Waals surface area (Å²) in [5.74, 6) is -0.235. The summed E-state index contributed by atoms with van der Waals surface area (Å²) in [5.41, 5.74) is 0. The fourth-order valence-electron chi connectivity index (χ4n) is 2.18. The number of rotatable bonds is 13. The molecule has 0 bridgehead atoms. The van der Waals surface area contributed by atoms with Gasteiger partial charge in [-0.15, -0.1) is 0 Å². The van der Waals surface area contributed by atoms with Crippen LogP contribution in [-0.4, -0.2) is 43.1 Å². The van der Waals surface area contributed by atoms with Gasteiger partial charge in [0.05, 0.1) is 10.1 Å². The van der Waals surface area contributed by atoms with Gasteiger partial charge in [-0.05, 0) is 19.3 Å². The molecule has 126 valence electrons. The third-order valence-electron chi connectivity index (χ3n) is 3.56. The second-order valence-corrected chi connectivity index (χ2v) is 7.18. The van der Waals surface area contributed by atoms with E-state index in [4.69, 9.17) is 0 Å². The Hall–Kier alpha value is 0.380. The van der Waals surface area contributed by atoms with Gasteiger partial charge >= 0.3 is 29.6 Å². The molecule has 5 nitrogen and oxygen atoms in total. The van der Waals surface area contributed by atoms with E-state index in [0.29, 0.717) is 25.8 Å². The first-order chi connectivity index (χ1) is 9.87. The zero-order chi connectivity index (χ0) is 16.1. The normalized spacial score (nSPS) is 11.0. The van der Waals surface area contributed by atoms with E-state index in [1.807, 2.05) is 0 Å². The van der Waals surface area contributed by atoms with Crippen molar-refractivity contribution in [1.82, 2.24) is 4.90 Å². The Morgan fingerprint density at radius 3 is 2.05 bits per heavy atom. The molecule has 1 amide bonds. The molecule has 0 radical (unpaired) electrons. The molecular formula is C15H30NNaO4S. The fourth-order valence-corrected chi connectivity index (χ4v) is 2.73. The maximum absolute atomic E-state index is 11.8. The van der Waals surface area contributed by atoms with Gasteiger partial charge in [-0.2, -0.15) is 0 Å². The summed E-state index contributed by atoms with van der Waals surface area (Å²) < 4.78 is 31.3. The van der Waals surface area contributed by atoms with Crippen LogP contribution in [0.3, 0.4) is 0 Å². The number of carbonyl (C=O) groups is 1. The SMILES string of the molecule is CCCCCCCCCC(=O)N(C)CCCCS(=O)(=O)[O-].[Na+]. The molecule has 7 heteroatoms. The Kier molecular flexibility index (Phi) is 16.7. The molecule has 0 heterocycles. The van der Waals surface area contributed by atoms with Crippen LogP contribution in [-0.2, 0) is 14.9 Å². The van der Waals surface area contributed by atoms with Gasteiger partial charge in [0.25, 0.3) is 0 Å². The van der Waals surface area contributed by atoms with E-state index in [1.54, 1.807) is 11.9 Å². The van der Waals surface area contributed by atoms with Crippen molar-refractivity contribution >= 4 is 16.0 Å². The van der Waals surface area contributed by atoms with Gasteiger partial charge in [0.2, 0.25) is 5.91 Å². The fraction of sp³-hybridized carbons (Fsp3) is 0.933. The van der Waals surface area contributed by atoms with Crippen LogP contribution in [0.4, 0.5) is 0 Å². The summed E-state index contributed by atoms with van der Waals surface area (Å²) in [4.78, 5) is 13.4. The van der Waals surface area contributed by atoms with Gasteiger partial charge in [0.1, 0.15) is 0 Å². The van der Waals surface area contributed by atoms with Crippen molar-refractivity contribution in [2.24, 2.45) is 0 Å². The summed E-state index contributed by atoms with van der Waals surface area (Å²) in [6.45, 7) is 2.71. The molecular weight excluding hydrogens is 313 g/mol. The van der Waals surface area contributed by atoms with E-state index in [1.165, 1.54) is 32.1 Å². The zero-order valence-corrected chi connectivity index (χ0v) is 17.3. The van der Waals surface area contributed by atoms with Crippen LogP contribution in [0.2, 0.25) is 0 Å². The number of carbonyl (C=O) groups excluding carboxylic acids is 1. The second-order valence-electron chi connectivity index (χ2n) is 5.66. The standard InChI is InChI=1S/C15H31NO4S.Na/c1-3-4-5-6-7-8-9-12-15(17)16(2)13-10-11-14-21(18,19)20;/h3-14H2,1-2H3,(H,18,19,20);/q;+1/p-1. The van der Waals surface area contributed by atoms with Crippen LogP contribution in [0, 0.1) is 0 Å². The molecule has 0 atom stereocenters. The molecule has 0 aromatic rings. The Morgan fingerprint density at radius 2 is 1.50 bits per heavy atom. The van der Waals surface area contributed by atoms with Crippen LogP contribution >= 0.6 is 0 Å². The smallest absolute Gasteiger partial charge is 0.748 e. The molecule has 0 aliphatic rings. The second kappa shape index (κ2) is 14.9. The monoisotopic (exact) mass is 343 g/mol. The predicted octanol–water partition coefficient (Wildman–Crippen LogP) is -0.0851. The minimum absolute atomic E-state index is 0. The number of hydrogen-bond acceptors (Lipinski definition) is 4. The maximum Gasteiger partial charge on any atom is 1.00 e. The third kappa shape index (κ3) is 16.7. The Balaban J connectivity index is 0. The van der Waals surface area contributed by atoms with E-state index in [0.717, 1.165) is 12.8 Å². The van der Waals surface area contributed by atoms with Gasteiger partial charge in [-0.3, -0.25) is 4.79 Å². The first kappa shape index (κ1) is 24.6. The molecule has 0 unspecified atom stereocenters. The Bertz CT molecular complexity index is 374. The Morgan fingerprint density at radius 1 is 0.955 bits per heavy atom. The van der Waals surface area contributed by atoms with E-state index < -0.39 is 10.1 Å². The van der Waals surface area contributed by atoms with Crippen LogP contribution in [0.1, 0.15) is 71.1 Å². The summed E-state index contributed by atoms with van der Waals surface area (Å²) in [5, 5.41) is 0. The molecule has 0 saturated carbocycles. The first-order valence-corrected chi connectivity index (χ1v) is 9.62. The molecule has 0 aliphatic heterocycles. The van der Waals surface area contributed by atoms with Crippen molar-refractivity contribution < 1.29 is 47.3 Å². The van der Waals surface area contributed by atoms with Crippen LogP contribution < -0.4 is 29.6 Å². The van der Waals surface area contributed by atoms with Gasteiger partial charge in [-0.1, -0.05) is 45.4 Å². The first-order valence-electron chi connectivity index (χ1n) is 8.04. The molecule has 0 saturated heterocycles. The average molecular weight is 343 g/mol. The molecule has 0 N–H and O–H groups in total.